The maximum absolute atomic E-state index is 9.27. The number of imidazole rings is 1. The van der Waals surface area contributed by atoms with E-state index in [-0.39, 0.29) is 18.1 Å². The molecule has 0 aliphatic rings. The molecule has 1 aromatic heterocycles. The van der Waals surface area contributed by atoms with E-state index >= 15 is 0 Å². The van der Waals surface area contributed by atoms with E-state index in [0.717, 1.165) is 18.8 Å². The molecule has 15 heavy (non-hydrogen) atoms. The van der Waals surface area contributed by atoms with Crippen molar-refractivity contribution < 1.29 is 5.11 Å². The van der Waals surface area contributed by atoms with Crippen LogP contribution in [0.5, 0.6) is 0 Å². The van der Waals surface area contributed by atoms with Crippen molar-refractivity contribution in [2.24, 2.45) is 5.41 Å². The largest absolute Gasteiger partial charge is 0.396 e. The van der Waals surface area contributed by atoms with Crippen LogP contribution in [0.25, 0.3) is 0 Å². The SMILES string of the molecule is CCC(C)(CO)CNC(C)c1ncc[nH]1. The van der Waals surface area contributed by atoms with Crippen LogP contribution >= 0.6 is 0 Å². The van der Waals surface area contributed by atoms with E-state index in [0.29, 0.717) is 0 Å². The van der Waals surface area contributed by atoms with Crippen molar-refractivity contribution >= 4 is 0 Å². The second kappa shape index (κ2) is 5.28. The summed E-state index contributed by atoms with van der Waals surface area (Å²) in [6.07, 6.45) is 4.53. The lowest BCUT2D eigenvalue weighted by Crippen LogP contribution is -2.35. The zero-order chi connectivity index (χ0) is 11.3. The normalized spacial score (nSPS) is 17.3. The van der Waals surface area contributed by atoms with Crippen molar-refractivity contribution in [3.63, 3.8) is 0 Å². The van der Waals surface area contributed by atoms with Crippen molar-refractivity contribution in [3.8, 4) is 0 Å². The monoisotopic (exact) mass is 211 g/mol. The average molecular weight is 211 g/mol. The van der Waals surface area contributed by atoms with Gasteiger partial charge in [0.1, 0.15) is 5.82 Å². The molecule has 1 heterocycles. The Labute approximate surface area is 91.1 Å². The van der Waals surface area contributed by atoms with Gasteiger partial charge in [-0.15, -0.1) is 0 Å². The number of aromatic nitrogens is 2. The van der Waals surface area contributed by atoms with Crippen molar-refractivity contribution in [2.75, 3.05) is 13.2 Å². The van der Waals surface area contributed by atoms with Crippen LogP contribution in [0.15, 0.2) is 12.4 Å². The molecule has 0 aliphatic carbocycles. The van der Waals surface area contributed by atoms with Crippen molar-refractivity contribution in [2.45, 2.75) is 33.2 Å². The Kier molecular flexibility index (Phi) is 4.29. The van der Waals surface area contributed by atoms with Crippen LogP contribution < -0.4 is 5.32 Å². The maximum Gasteiger partial charge on any atom is 0.122 e. The van der Waals surface area contributed by atoms with E-state index in [1.54, 1.807) is 6.20 Å². The summed E-state index contributed by atoms with van der Waals surface area (Å²) in [7, 11) is 0. The number of aliphatic hydroxyl groups is 1. The van der Waals surface area contributed by atoms with Gasteiger partial charge in [-0.2, -0.15) is 0 Å². The first-order chi connectivity index (χ1) is 7.11. The molecule has 0 aromatic carbocycles. The van der Waals surface area contributed by atoms with Crippen LogP contribution in [0.3, 0.4) is 0 Å². The van der Waals surface area contributed by atoms with Gasteiger partial charge in [-0.25, -0.2) is 4.98 Å². The zero-order valence-electron chi connectivity index (χ0n) is 9.75. The van der Waals surface area contributed by atoms with Gasteiger partial charge in [0.25, 0.3) is 0 Å². The Morgan fingerprint density at radius 2 is 2.40 bits per heavy atom. The fourth-order valence-electron chi connectivity index (χ4n) is 1.30. The van der Waals surface area contributed by atoms with E-state index in [9.17, 15) is 5.11 Å². The highest BCUT2D eigenvalue weighted by Gasteiger charge is 2.21. The highest BCUT2D eigenvalue weighted by atomic mass is 16.3. The summed E-state index contributed by atoms with van der Waals surface area (Å²) >= 11 is 0. The molecule has 0 saturated heterocycles. The number of H-pyrrole nitrogens is 1. The smallest absolute Gasteiger partial charge is 0.122 e. The Bertz CT molecular complexity index is 267. The third-order valence-electron chi connectivity index (χ3n) is 3.00. The number of aromatic amines is 1. The Balaban J connectivity index is 2.43. The van der Waals surface area contributed by atoms with Crippen molar-refractivity contribution in [1.82, 2.24) is 15.3 Å². The number of aliphatic hydroxyl groups excluding tert-OH is 1. The van der Waals surface area contributed by atoms with Gasteiger partial charge < -0.3 is 15.4 Å². The van der Waals surface area contributed by atoms with Gasteiger partial charge in [0, 0.05) is 31.0 Å². The fraction of sp³-hybridized carbons (Fsp3) is 0.727. The summed E-state index contributed by atoms with van der Waals surface area (Å²) in [5.41, 5.74) is -0.0408. The first kappa shape index (κ1) is 12.2. The lowest BCUT2D eigenvalue weighted by Gasteiger charge is -2.27. The summed E-state index contributed by atoms with van der Waals surface area (Å²) < 4.78 is 0. The third-order valence-corrected chi connectivity index (χ3v) is 3.00. The Hall–Kier alpha value is -0.870. The molecule has 2 atom stereocenters. The maximum atomic E-state index is 9.27. The van der Waals surface area contributed by atoms with Crippen molar-refractivity contribution in [3.05, 3.63) is 18.2 Å². The molecule has 2 unspecified atom stereocenters. The summed E-state index contributed by atoms with van der Waals surface area (Å²) in [6, 6.07) is 0.192. The van der Waals surface area contributed by atoms with E-state index in [1.807, 2.05) is 6.20 Å². The zero-order valence-corrected chi connectivity index (χ0v) is 9.75. The highest BCUT2D eigenvalue weighted by molar-refractivity contribution is 4.94. The second-order valence-corrected chi connectivity index (χ2v) is 4.40. The summed E-state index contributed by atoms with van der Waals surface area (Å²) in [5, 5.41) is 12.6. The molecule has 0 aliphatic heterocycles. The predicted molar refractivity (Wildman–Crippen MR) is 60.5 cm³/mol. The highest BCUT2D eigenvalue weighted by Crippen LogP contribution is 2.19. The summed E-state index contributed by atoms with van der Waals surface area (Å²) in [4.78, 5) is 7.26. The van der Waals surface area contributed by atoms with Gasteiger partial charge in [0.15, 0.2) is 0 Å². The second-order valence-electron chi connectivity index (χ2n) is 4.40. The molecule has 0 radical (unpaired) electrons. The quantitative estimate of drug-likeness (QED) is 0.667. The van der Waals surface area contributed by atoms with Crippen LogP contribution in [0.4, 0.5) is 0 Å². The Morgan fingerprint density at radius 3 is 2.87 bits per heavy atom. The Morgan fingerprint density at radius 1 is 1.67 bits per heavy atom. The average Bonchev–Trinajstić information content (AvgIpc) is 2.79. The number of hydrogen-bond donors (Lipinski definition) is 3. The number of rotatable bonds is 6. The van der Waals surface area contributed by atoms with E-state index in [1.165, 1.54) is 0 Å². The van der Waals surface area contributed by atoms with Crippen LogP contribution in [-0.4, -0.2) is 28.2 Å². The first-order valence-corrected chi connectivity index (χ1v) is 5.45. The first-order valence-electron chi connectivity index (χ1n) is 5.45. The van der Waals surface area contributed by atoms with E-state index in [2.05, 4.69) is 36.1 Å². The van der Waals surface area contributed by atoms with Gasteiger partial charge in [-0.3, -0.25) is 0 Å². The molecule has 0 bridgehead atoms. The van der Waals surface area contributed by atoms with E-state index < -0.39 is 0 Å². The molecule has 4 heteroatoms. The van der Waals surface area contributed by atoms with Crippen LogP contribution in [0.1, 0.15) is 39.1 Å². The van der Waals surface area contributed by atoms with Gasteiger partial charge in [0.05, 0.1) is 6.04 Å². The molecule has 0 saturated carbocycles. The van der Waals surface area contributed by atoms with Gasteiger partial charge in [-0.1, -0.05) is 13.8 Å². The van der Waals surface area contributed by atoms with Gasteiger partial charge >= 0.3 is 0 Å². The minimum Gasteiger partial charge on any atom is -0.396 e. The van der Waals surface area contributed by atoms with E-state index in [4.69, 9.17) is 0 Å². The molecule has 1 aromatic rings. The molecule has 4 nitrogen and oxygen atoms in total. The molecule has 1 rings (SSSR count). The third kappa shape index (κ3) is 3.32. The molecule has 0 fully saturated rings. The molecule has 3 N–H and O–H groups in total. The molecule has 0 spiro atoms. The molecular formula is C11H21N3O. The number of nitrogens with zero attached hydrogens (tertiary/aromatic N) is 1. The minimum atomic E-state index is -0.0408. The lowest BCUT2D eigenvalue weighted by molar-refractivity contribution is 0.132. The topological polar surface area (TPSA) is 60.9 Å². The molecule has 0 amide bonds. The van der Waals surface area contributed by atoms with Crippen LogP contribution in [0, 0.1) is 5.41 Å². The fourth-order valence-corrected chi connectivity index (χ4v) is 1.30. The number of hydrogen-bond acceptors (Lipinski definition) is 3. The lowest BCUT2D eigenvalue weighted by atomic mass is 9.88. The molecular weight excluding hydrogens is 190 g/mol. The standard InChI is InChI=1S/C11H21N3O/c1-4-11(3,8-15)7-14-9(2)10-12-5-6-13-10/h5-6,9,14-15H,4,7-8H2,1-3H3,(H,12,13). The summed E-state index contributed by atoms with van der Waals surface area (Å²) in [6.45, 7) is 7.24. The van der Waals surface area contributed by atoms with Crippen molar-refractivity contribution in [1.29, 1.82) is 0 Å². The number of nitrogens with one attached hydrogen (secondary N) is 2. The minimum absolute atomic E-state index is 0.0408. The van der Waals surface area contributed by atoms with Crippen LogP contribution in [-0.2, 0) is 0 Å². The molecule has 86 valence electrons. The van der Waals surface area contributed by atoms with Crippen LogP contribution in [0.2, 0.25) is 0 Å². The van der Waals surface area contributed by atoms with Gasteiger partial charge in [0.2, 0.25) is 0 Å². The van der Waals surface area contributed by atoms with Gasteiger partial charge in [-0.05, 0) is 13.3 Å². The predicted octanol–water partition coefficient (Wildman–Crippen LogP) is 1.47. The summed E-state index contributed by atoms with van der Waals surface area (Å²) in [5.74, 6) is 0.936.